The molecule has 0 radical (unpaired) electrons. The highest BCUT2D eigenvalue weighted by Crippen LogP contribution is 2.39. The Morgan fingerprint density at radius 1 is 1.10 bits per heavy atom. The third-order valence-electron chi connectivity index (χ3n) is 8.21. The van der Waals surface area contributed by atoms with Crippen LogP contribution in [0.15, 0.2) is 29.5 Å². The predicted molar refractivity (Wildman–Crippen MR) is 161 cm³/mol. The lowest BCUT2D eigenvalue weighted by Crippen LogP contribution is -2.42. The van der Waals surface area contributed by atoms with Gasteiger partial charge in [0.15, 0.2) is 14.0 Å². The van der Waals surface area contributed by atoms with E-state index in [1.807, 2.05) is 19.9 Å². The lowest BCUT2D eigenvalue weighted by Gasteiger charge is -2.36. The van der Waals surface area contributed by atoms with Gasteiger partial charge in [0.25, 0.3) is 5.91 Å². The number of allylic oxidation sites excluding steroid dienone is 3. The fraction of sp³-hybridized carbons (Fsp3) is 0.613. The molecule has 1 saturated carbocycles. The molecule has 1 fully saturated rings. The molecule has 0 bridgehead atoms. The fourth-order valence-electron chi connectivity index (χ4n) is 4.12. The summed E-state index contributed by atoms with van der Waals surface area (Å²) in [5.41, 5.74) is 2.35. The van der Waals surface area contributed by atoms with E-state index in [2.05, 4.69) is 44.2 Å². The van der Waals surface area contributed by atoms with Gasteiger partial charge < -0.3 is 28.7 Å². The zero-order chi connectivity index (χ0) is 31.4. The number of methoxy groups -OCH3 is 1. The smallest absolute Gasteiger partial charge is 0.497 e. The second-order valence-electron chi connectivity index (χ2n) is 12.7. The summed E-state index contributed by atoms with van der Waals surface area (Å²) >= 11 is 0. The molecule has 10 nitrogen and oxygen atoms in total. The Morgan fingerprint density at radius 3 is 2.33 bits per heavy atom. The lowest BCUT2D eigenvalue weighted by molar-refractivity contribution is -0.0908. The number of nitrogens with one attached hydrogen (secondary N) is 1. The summed E-state index contributed by atoms with van der Waals surface area (Å²) in [5, 5.41) is 2.89. The van der Waals surface area contributed by atoms with Crippen molar-refractivity contribution in [3.63, 3.8) is 0 Å². The summed E-state index contributed by atoms with van der Waals surface area (Å²) in [7, 11) is -0.429. The van der Waals surface area contributed by atoms with Gasteiger partial charge in [-0.15, -0.1) is 0 Å². The zero-order valence-electron chi connectivity index (χ0n) is 26.6. The molecular formula is C31H46N2O8Si. The number of amides is 1. The van der Waals surface area contributed by atoms with Crippen molar-refractivity contribution in [3.05, 3.63) is 46.5 Å². The van der Waals surface area contributed by atoms with Crippen molar-refractivity contribution in [2.24, 2.45) is 11.8 Å². The number of pyridine rings is 1. The highest BCUT2D eigenvalue weighted by molar-refractivity contribution is 6.74. The maximum Gasteiger partial charge on any atom is 0.511 e. The molecule has 0 aliphatic heterocycles. The Morgan fingerprint density at radius 2 is 1.76 bits per heavy atom. The molecule has 0 aromatic carbocycles. The Kier molecular flexibility index (Phi) is 10.6. The van der Waals surface area contributed by atoms with E-state index in [0.717, 1.165) is 24.0 Å². The third kappa shape index (κ3) is 8.44. The van der Waals surface area contributed by atoms with Gasteiger partial charge in [0.05, 0.1) is 13.7 Å². The van der Waals surface area contributed by atoms with Crippen LogP contribution in [0.5, 0.6) is 0 Å². The van der Waals surface area contributed by atoms with Gasteiger partial charge >= 0.3 is 12.1 Å². The molecule has 2 unspecified atom stereocenters. The summed E-state index contributed by atoms with van der Waals surface area (Å²) in [5.74, 6) is -0.0730. The Hall–Kier alpha value is -3.18. The van der Waals surface area contributed by atoms with Crippen molar-refractivity contribution in [1.82, 2.24) is 10.3 Å². The SMILES string of the molecule is COC1=C(C)[C@@H](C)C(c2ccc(C(=O)NCC3CC3)nc2C(=O)OC(C)OC(=O)OC(C)CO[Si](C)(C)C(C)(C)C)=C1. The molecule has 1 aromatic heterocycles. The summed E-state index contributed by atoms with van der Waals surface area (Å²) < 4.78 is 27.6. The Balaban J connectivity index is 1.70. The molecular weight excluding hydrogens is 556 g/mol. The van der Waals surface area contributed by atoms with Gasteiger partial charge in [-0.3, -0.25) is 4.79 Å². The number of hydrogen-bond donors (Lipinski definition) is 1. The standard InChI is InChI=1S/C31H46N2O8Si/c1-18(17-38-42(9,10)31(5,6)7)39-30(36)41-21(4)40-29(35)27-23(24-15-26(37-8)20(3)19(24)2)13-14-25(33-27)28(34)32-16-22-11-12-22/h13-15,18-19,21-22H,11-12,16-17H2,1-10H3,(H,32,34)/t18?,19-,21?/m1/s1. The third-order valence-corrected chi connectivity index (χ3v) is 12.7. The average molecular weight is 603 g/mol. The topological polar surface area (TPSA) is 122 Å². The van der Waals surface area contributed by atoms with E-state index in [1.54, 1.807) is 26.2 Å². The van der Waals surface area contributed by atoms with Crippen LogP contribution in [0.3, 0.4) is 0 Å². The quantitative estimate of drug-likeness (QED) is 0.168. The molecule has 0 saturated heterocycles. The van der Waals surface area contributed by atoms with Crippen LogP contribution in [-0.2, 0) is 23.4 Å². The first-order chi connectivity index (χ1) is 19.5. The fourth-order valence-corrected chi connectivity index (χ4v) is 5.20. The highest BCUT2D eigenvalue weighted by atomic mass is 28.4. The molecule has 2 aliphatic carbocycles. The Labute approximate surface area is 250 Å². The number of aromatic nitrogens is 1. The number of hydrogen-bond acceptors (Lipinski definition) is 9. The van der Waals surface area contributed by atoms with E-state index in [0.29, 0.717) is 23.8 Å². The molecule has 42 heavy (non-hydrogen) atoms. The molecule has 1 N–H and O–H groups in total. The lowest BCUT2D eigenvalue weighted by atomic mass is 9.92. The van der Waals surface area contributed by atoms with Gasteiger partial charge in [-0.2, -0.15) is 0 Å². The second-order valence-corrected chi connectivity index (χ2v) is 17.5. The van der Waals surface area contributed by atoms with Gasteiger partial charge in [-0.05, 0) is 80.1 Å². The van der Waals surface area contributed by atoms with Crippen LogP contribution in [0.2, 0.25) is 18.1 Å². The number of ether oxygens (including phenoxy) is 4. The zero-order valence-corrected chi connectivity index (χ0v) is 27.6. The second kappa shape index (κ2) is 13.4. The van der Waals surface area contributed by atoms with E-state index in [-0.39, 0.29) is 34.9 Å². The maximum absolute atomic E-state index is 13.4. The minimum absolute atomic E-state index is 0.0181. The van der Waals surface area contributed by atoms with Crippen LogP contribution in [0, 0.1) is 11.8 Å². The molecule has 1 heterocycles. The summed E-state index contributed by atoms with van der Waals surface area (Å²) in [6.45, 7) is 18.5. The first-order valence-corrected chi connectivity index (χ1v) is 17.4. The van der Waals surface area contributed by atoms with Gasteiger partial charge in [0.2, 0.25) is 6.29 Å². The van der Waals surface area contributed by atoms with Gasteiger partial charge in [-0.25, -0.2) is 14.6 Å². The number of carbonyl (C=O) groups excluding carboxylic acids is 3. The van der Waals surface area contributed by atoms with Gasteiger partial charge in [0.1, 0.15) is 17.6 Å². The molecule has 232 valence electrons. The van der Waals surface area contributed by atoms with Gasteiger partial charge in [-0.1, -0.05) is 27.7 Å². The minimum Gasteiger partial charge on any atom is -0.497 e. The van der Waals surface area contributed by atoms with Gasteiger partial charge in [0, 0.05) is 24.9 Å². The first kappa shape index (κ1) is 33.3. The molecule has 1 amide bonds. The highest BCUT2D eigenvalue weighted by Gasteiger charge is 2.37. The molecule has 11 heteroatoms. The van der Waals surface area contributed by atoms with Crippen molar-refractivity contribution in [2.75, 3.05) is 20.3 Å². The number of carbonyl (C=O) groups is 3. The largest absolute Gasteiger partial charge is 0.511 e. The maximum atomic E-state index is 13.4. The Bertz CT molecular complexity index is 1250. The monoisotopic (exact) mass is 602 g/mol. The van der Waals surface area contributed by atoms with E-state index in [1.165, 1.54) is 6.92 Å². The minimum atomic E-state index is -2.02. The van der Waals surface area contributed by atoms with E-state index in [4.69, 9.17) is 23.4 Å². The van der Waals surface area contributed by atoms with E-state index >= 15 is 0 Å². The van der Waals surface area contributed by atoms with Crippen molar-refractivity contribution in [3.8, 4) is 0 Å². The summed E-state index contributed by atoms with van der Waals surface area (Å²) in [6.07, 6.45) is 1.21. The van der Waals surface area contributed by atoms with Crippen LogP contribution in [0.4, 0.5) is 4.79 Å². The van der Waals surface area contributed by atoms with E-state index < -0.39 is 32.8 Å². The summed E-state index contributed by atoms with van der Waals surface area (Å²) in [6, 6.07) is 3.28. The normalized spacial score (nSPS) is 18.6. The predicted octanol–water partition coefficient (Wildman–Crippen LogP) is 6.24. The number of rotatable bonds is 12. The molecule has 3 rings (SSSR count). The van der Waals surface area contributed by atoms with E-state index in [9.17, 15) is 14.4 Å². The van der Waals surface area contributed by atoms with Crippen molar-refractivity contribution >= 4 is 31.9 Å². The van der Waals surface area contributed by atoms with Crippen LogP contribution < -0.4 is 5.32 Å². The molecule has 3 atom stereocenters. The van der Waals surface area contributed by atoms with Crippen molar-refractivity contribution in [1.29, 1.82) is 0 Å². The molecule has 1 aromatic rings. The van der Waals surface area contributed by atoms with Crippen LogP contribution in [-0.4, -0.2) is 64.0 Å². The molecule has 2 aliphatic rings. The average Bonchev–Trinajstić information content (AvgIpc) is 3.69. The van der Waals surface area contributed by atoms with Crippen LogP contribution in [0.25, 0.3) is 5.57 Å². The van der Waals surface area contributed by atoms with Crippen molar-refractivity contribution < 1.29 is 37.8 Å². The number of esters is 1. The number of nitrogens with zero attached hydrogens (tertiary/aromatic N) is 1. The molecule has 0 spiro atoms. The van der Waals surface area contributed by atoms with Crippen LogP contribution >= 0.6 is 0 Å². The van der Waals surface area contributed by atoms with Crippen LogP contribution in [0.1, 0.15) is 87.8 Å². The summed E-state index contributed by atoms with van der Waals surface area (Å²) in [4.78, 5) is 43.0. The first-order valence-electron chi connectivity index (χ1n) is 14.5. The van der Waals surface area contributed by atoms with Crippen molar-refractivity contribution in [2.45, 2.75) is 91.8 Å².